The zero-order chi connectivity index (χ0) is 21.6. The molecule has 162 valence electrons. The van der Waals surface area contributed by atoms with Gasteiger partial charge in [0.25, 0.3) is 5.91 Å². The molecule has 1 atom stereocenters. The molecule has 1 aliphatic heterocycles. The van der Waals surface area contributed by atoms with Crippen LogP contribution in [0.5, 0.6) is 5.75 Å². The molecular weight excluding hydrogens is 372 g/mol. The summed E-state index contributed by atoms with van der Waals surface area (Å²) in [6.07, 6.45) is 2.74. The van der Waals surface area contributed by atoms with Gasteiger partial charge in [0, 0.05) is 13.1 Å². The summed E-state index contributed by atoms with van der Waals surface area (Å²) in [6, 6.07) is 16.6. The third kappa shape index (κ3) is 6.33. The number of benzene rings is 2. The molecule has 1 N–H and O–H groups in total. The number of nitrogens with one attached hydrogen (secondary N) is 1. The van der Waals surface area contributed by atoms with Crippen molar-refractivity contribution in [1.29, 1.82) is 0 Å². The Balaban J connectivity index is 1.53. The molecule has 1 heterocycles. The summed E-state index contributed by atoms with van der Waals surface area (Å²) < 4.78 is 5.98. The van der Waals surface area contributed by atoms with E-state index in [9.17, 15) is 4.79 Å². The molecule has 2 aromatic rings. The molecule has 30 heavy (non-hydrogen) atoms. The van der Waals surface area contributed by atoms with E-state index < -0.39 is 6.10 Å². The van der Waals surface area contributed by atoms with Crippen molar-refractivity contribution in [3.05, 3.63) is 65.2 Å². The van der Waals surface area contributed by atoms with Crippen molar-refractivity contribution in [1.82, 2.24) is 10.2 Å². The number of rotatable bonds is 8. The minimum absolute atomic E-state index is 0.0673. The minimum Gasteiger partial charge on any atom is -0.481 e. The summed E-state index contributed by atoms with van der Waals surface area (Å²) in [7, 11) is 0. The Bertz CT molecular complexity index is 818. The van der Waals surface area contributed by atoms with Gasteiger partial charge in [0.2, 0.25) is 0 Å². The summed E-state index contributed by atoms with van der Waals surface area (Å²) in [5.74, 6) is 0.667. The quantitative estimate of drug-likeness (QED) is 0.664. The second-order valence-electron chi connectivity index (χ2n) is 9.31. The summed E-state index contributed by atoms with van der Waals surface area (Å²) in [5.41, 5.74) is 3.79. The molecule has 4 nitrogen and oxygen atoms in total. The number of hydrogen-bond donors (Lipinski definition) is 1. The first-order chi connectivity index (χ1) is 14.3. The molecule has 1 fully saturated rings. The SMILES string of the molecule is CC[C@@H](Oc1ccc(C(C)(C)C)cc1)C(=O)NCc1cccc(CN2CCCC2)c1. The molecule has 0 unspecified atom stereocenters. The molecule has 1 saturated heterocycles. The predicted molar refractivity (Wildman–Crippen MR) is 123 cm³/mol. The van der Waals surface area contributed by atoms with Crippen molar-refractivity contribution in [2.75, 3.05) is 13.1 Å². The molecule has 2 aromatic carbocycles. The maximum Gasteiger partial charge on any atom is 0.261 e. The Morgan fingerprint density at radius 2 is 1.73 bits per heavy atom. The van der Waals surface area contributed by atoms with E-state index in [4.69, 9.17) is 4.74 Å². The van der Waals surface area contributed by atoms with Gasteiger partial charge in [-0.15, -0.1) is 0 Å². The summed E-state index contributed by atoms with van der Waals surface area (Å²) in [4.78, 5) is 15.2. The van der Waals surface area contributed by atoms with Crippen LogP contribution in [0.2, 0.25) is 0 Å². The molecule has 1 amide bonds. The van der Waals surface area contributed by atoms with E-state index in [2.05, 4.69) is 67.4 Å². The van der Waals surface area contributed by atoms with Gasteiger partial charge in [-0.25, -0.2) is 0 Å². The first-order valence-corrected chi connectivity index (χ1v) is 11.2. The number of carbonyl (C=O) groups excluding carboxylic acids is 1. The highest BCUT2D eigenvalue weighted by Crippen LogP contribution is 2.25. The van der Waals surface area contributed by atoms with Gasteiger partial charge in [0.15, 0.2) is 6.10 Å². The van der Waals surface area contributed by atoms with Crippen LogP contribution < -0.4 is 10.1 Å². The van der Waals surface area contributed by atoms with Gasteiger partial charge in [-0.2, -0.15) is 0 Å². The largest absolute Gasteiger partial charge is 0.481 e. The van der Waals surface area contributed by atoms with Crippen LogP contribution in [0.4, 0.5) is 0 Å². The lowest BCUT2D eigenvalue weighted by Gasteiger charge is -2.21. The van der Waals surface area contributed by atoms with Crippen LogP contribution in [0.1, 0.15) is 63.6 Å². The molecule has 0 bridgehead atoms. The lowest BCUT2D eigenvalue weighted by molar-refractivity contribution is -0.128. The van der Waals surface area contributed by atoms with Crippen LogP contribution in [0.15, 0.2) is 48.5 Å². The lowest BCUT2D eigenvalue weighted by atomic mass is 9.87. The van der Waals surface area contributed by atoms with Crippen molar-refractivity contribution in [2.24, 2.45) is 0 Å². The van der Waals surface area contributed by atoms with E-state index in [1.165, 1.54) is 37.1 Å². The van der Waals surface area contributed by atoms with E-state index in [0.717, 1.165) is 17.9 Å². The standard InChI is InChI=1S/C26H36N2O2/c1-5-24(30-23-13-11-22(12-14-23)26(2,3)4)25(29)27-18-20-9-8-10-21(17-20)19-28-15-6-7-16-28/h8-14,17,24H,5-7,15-16,18-19H2,1-4H3,(H,27,29)/t24-/m1/s1. The summed E-state index contributed by atoms with van der Waals surface area (Å²) in [6.45, 7) is 12.4. The Morgan fingerprint density at radius 1 is 1.07 bits per heavy atom. The zero-order valence-corrected chi connectivity index (χ0v) is 18.9. The van der Waals surface area contributed by atoms with Gasteiger partial charge < -0.3 is 10.1 Å². The van der Waals surface area contributed by atoms with Crippen molar-refractivity contribution in [2.45, 2.75) is 71.6 Å². The average molecular weight is 409 g/mol. The Hall–Kier alpha value is -2.33. The van der Waals surface area contributed by atoms with Crippen LogP contribution in [-0.4, -0.2) is 30.0 Å². The molecule has 1 aliphatic rings. The van der Waals surface area contributed by atoms with Gasteiger partial charge in [-0.3, -0.25) is 9.69 Å². The fourth-order valence-corrected chi connectivity index (χ4v) is 3.86. The fraction of sp³-hybridized carbons (Fsp3) is 0.500. The third-order valence-corrected chi connectivity index (χ3v) is 5.72. The number of ether oxygens (including phenoxy) is 1. The first kappa shape index (κ1) is 22.4. The zero-order valence-electron chi connectivity index (χ0n) is 18.9. The lowest BCUT2D eigenvalue weighted by Crippen LogP contribution is -2.37. The van der Waals surface area contributed by atoms with Crippen molar-refractivity contribution in [3.8, 4) is 5.75 Å². The molecule has 0 saturated carbocycles. The van der Waals surface area contributed by atoms with E-state index in [0.29, 0.717) is 13.0 Å². The van der Waals surface area contributed by atoms with Crippen LogP contribution in [0.3, 0.4) is 0 Å². The molecule has 0 radical (unpaired) electrons. The van der Waals surface area contributed by atoms with Crippen molar-refractivity contribution >= 4 is 5.91 Å². The third-order valence-electron chi connectivity index (χ3n) is 5.72. The van der Waals surface area contributed by atoms with Crippen LogP contribution in [0.25, 0.3) is 0 Å². The van der Waals surface area contributed by atoms with Crippen molar-refractivity contribution in [3.63, 3.8) is 0 Å². The highest BCUT2D eigenvalue weighted by atomic mass is 16.5. The molecule has 4 heteroatoms. The van der Waals surface area contributed by atoms with E-state index in [-0.39, 0.29) is 11.3 Å². The highest BCUT2D eigenvalue weighted by molar-refractivity contribution is 5.81. The van der Waals surface area contributed by atoms with Crippen molar-refractivity contribution < 1.29 is 9.53 Å². The molecule has 0 aliphatic carbocycles. The number of hydrogen-bond acceptors (Lipinski definition) is 3. The smallest absolute Gasteiger partial charge is 0.261 e. The number of likely N-dealkylation sites (tertiary alicyclic amines) is 1. The topological polar surface area (TPSA) is 41.6 Å². The number of carbonyl (C=O) groups is 1. The van der Waals surface area contributed by atoms with E-state index in [1.807, 2.05) is 19.1 Å². The van der Waals surface area contributed by atoms with E-state index >= 15 is 0 Å². The number of amides is 1. The van der Waals surface area contributed by atoms with Crippen LogP contribution in [0, 0.1) is 0 Å². The number of nitrogens with zero attached hydrogens (tertiary/aromatic N) is 1. The predicted octanol–water partition coefficient (Wildman–Crippen LogP) is 5.05. The Morgan fingerprint density at radius 3 is 2.37 bits per heavy atom. The summed E-state index contributed by atoms with van der Waals surface area (Å²) in [5, 5.41) is 3.05. The van der Waals surface area contributed by atoms with Gasteiger partial charge in [-0.05, 0) is 66.6 Å². The normalized spacial score (nSPS) is 15.7. The minimum atomic E-state index is -0.488. The Labute approximate surface area is 181 Å². The average Bonchev–Trinajstić information content (AvgIpc) is 3.23. The molecule has 0 aromatic heterocycles. The maximum atomic E-state index is 12.7. The maximum absolute atomic E-state index is 12.7. The van der Waals surface area contributed by atoms with Crippen LogP contribution in [-0.2, 0) is 23.3 Å². The molecular formula is C26H36N2O2. The van der Waals surface area contributed by atoms with Gasteiger partial charge >= 0.3 is 0 Å². The van der Waals surface area contributed by atoms with Gasteiger partial charge in [-0.1, -0.05) is 64.1 Å². The molecule has 0 spiro atoms. The summed E-state index contributed by atoms with van der Waals surface area (Å²) >= 11 is 0. The fourth-order valence-electron chi connectivity index (χ4n) is 3.86. The van der Waals surface area contributed by atoms with Gasteiger partial charge in [0.05, 0.1) is 0 Å². The first-order valence-electron chi connectivity index (χ1n) is 11.2. The second-order valence-corrected chi connectivity index (χ2v) is 9.31. The second kappa shape index (κ2) is 10.1. The molecule has 3 rings (SSSR count). The monoisotopic (exact) mass is 408 g/mol. The Kier molecular flexibility index (Phi) is 7.54. The highest BCUT2D eigenvalue weighted by Gasteiger charge is 2.19. The van der Waals surface area contributed by atoms with Gasteiger partial charge in [0.1, 0.15) is 5.75 Å². The van der Waals surface area contributed by atoms with E-state index in [1.54, 1.807) is 0 Å². The van der Waals surface area contributed by atoms with Crippen LogP contribution >= 0.6 is 0 Å².